The number of rotatable bonds is 12. The number of ether oxygens (including phenoxy) is 2. The molecule has 1 N–H and O–H groups in total. The average molecular weight is 600 g/mol. The van der Waals surface area contributed by atoms with Crippen molar-refractivity contribution in [2.45, 2.75) is 45.8 Å². The summed E-state index contributed by atoms with van der Waals surface area (Å²) in [6.45, 7) is 4.69. The third-order valence-electron chi connectivity index (χ3n) is 6.62. The Morgan fingerprint density at radius 1 is 0.976 bits per heavy atom. The van der Waals surface area contributed by atoms with Gasteiger partial charge in [-0.1, -0.05) is 60.1 Å². The summed E-state index contributed by atoms with van der Waals surface area (Å²) in [6.07, 6.45) is 0.222. The second-order valence-corrected chi connectivity index (χ2v) is 12.5. The van der Waals surface area contributed by atoms with Crippen molar-refractivity contribution < 1.29 is 27.5 Å². The Morgan fingerprint density at radius 3 is 2.34 bits per heavy atom. The molecule has 218 valence electrons. The molecule has 1 heterocycles. The second-order valence-electron chi connectivity index (χ2n) is 9.93. The predicted molar refractivity (Wildman–Crippen MR) is 159 cm³/mol. The molecule has 0 radical (unpaired) electrons. The standard InChI is InChI=1S/C30H34ClN3O6S/c1-4-41(37,38)34(24-14-15-27-28(17-24)40-20-39-27)19-29(35)33(18-23-12-8-9-13-25(23)31)26(30(36)32-21(2)3)16-22-10-6-5-7-11-22/h5-15,17,21,26H,4,16,18-20H2,1-3H3,(H,32,36). The summed E-state index contributed by atoms with van der Waals surface area (Å²) in [6, 6.07) is 20.0. The van der Waals surface area contributed by atoms with E-state index in [0.29, 0.717) is 22.1 Å². The summed E-state index contributed by atoms with van der Waals surface area (Å²) in [5, 5.41) is 3.36. The van der Waals surface area contributed by atoms with E-state index in [4.69, 9.17) is 21.1 Å². The molecule has 3 aromatic carbocycles. The minimum atomic E-state index is -3.90. The highest BCUT2D eigenvalue weighted by molar-refractivity contribution is 7.92. The highest BCUT2D eigenvalue weighted by Gasteiger charge is 2.34. The van der Waals surface area contributed by atoms with E-state index in [1.165, 1.54) is 17.9 Å². The first-order valence-electron chi connectivity index (χ1n) is 13.4. The lowest BCUT2D eigenvalue weighted by atomic mass is 10.0. The molecule has 1 aliphatic heterocycles. The van der Waals surface area contributed by atoms with Gasteiger partial charge < -0.3 is 19.7 Å². The van der Waals surface area contributed by atoms with E-state index in [9.17, 15) is 18.0 Å². The van der Waals surface area contributed by atoms with E-state index in [1.807, 2.05) is 44.2 Å². The summed E-state index contributed by atoms with van der Waals surface area (Å²) in [7, 11) is -3.90. The van der Waals surface area contributed by atoms with Gasteiger partial charge in [0.05, 0.1) is 11.4 Å². The molecule has 0 aromatic heterocycles. The molecular weight excluding hydrogens is 566 g/mol. The van der Waals surface area contributed by atoms with E-state index in [2.05, 4.69) is 5.32 Å². The van der Waals surface area contributed by atoms with Gasteiger partial charge in [0, 0.05) is 30.1 Å². The first-order valence-corrected chi connectivity index (χ1v) is 15.3. The number of halogens is 1. The zero-order chi connectivity index (χ0) is 29.6. The number of carbonyl (C=O) groups excluding carboxylic acids is 2. The molecule has 11 heteroatoms. The van der Waals surface area contributed by atoms with Crippen molar-refractivity contribution in [2.24, 2.45) is 0 Å². The van der Waals surface area contributed by atoms with Gasteiger partial charge in [0.15, 0.2) is 11.5 Å². The monoisotopic (exact) mass is 599 g/mol. The second kappa shape index (κ2) is 13.3. The molecule has 0 saturated carbocycles. The van der Waals surface area contributed by atoms with Gasteiger partial charge in [-0.15, -0.1) is 0 Å². The Bertz CT molecular complexity index is 1480. The van der Waals surface area contributed by atoms with Crippen molar-refractivity contribution in [1.29, 1.82) is 0 Å². The zero-order valence-corrected chi connectivity index (χ0v) is 24.8. The van der Waals surface area contributed by atoms with Gasteiger partial charge in [-0.3, -0.25) is 13.9 Å². The van der Waals surface area contributed by atoms with Crippen molar-refractivity contribution in [3.05, 3.63) is 88.9 Å². The molecule has 0 aliphatic carbocycles. The molecule has 1 atom stereocenters. The lowest BCUT2D eigenvalue weighted by Crippen LogP contribution is -2.54. The number of hydrogen-bond acceptors (Lipinski definition) is 6. The zero-order valence-electron chi connectivity index (χ0n) is 23.2. The van der Waals surface area contributed by atoms with Crippen molar-refractivity contribution in [3.63, 3.8) is 0 Å². The fourth-order valence-corrected chi connectivity index (χ4v) is 5.75. The lowest BCUT2D eigenvalue weighted by Gasteiger charge is -2.34. The largest absolute Gasteiger partial charge is 0.454 e. The molecular formula is C30H34ClN3O6S. The van der Waals surface area contributed by atoms with Crippen LogP contribution in [0, 0.1) is 0 Å². The van der Waals surface area contributed by atoms with Crippen LogP contribution < -0.4 is 19.1 Å². The molecule has 2 amide bonds. The molecule has 0 spiro atoms. The van der Waals surface area contributed by atoms with Crippen LogP contribution in [0.3, 0.4) is 0 Å². The van der Waals surface area contributed by atoms with E-state index in [-0.39, 0.29) is 43.1 Å². The molecule has 4 rings (SSSR count). The van der Waals surface area contributed by atoms with Gasteiger partial charge in [0.25, 0.3) is 0 Å². The normalized spacial score (nSPS) is 13.1. The van der Waals surface area contributed by atoms with Crippen LogP contribution >= 0.6 is 11.6 Å². The third kappa shape index (κ3) is 7.51. The molecule has 1 aliphatic rings. The summed E-state index contributed by atoms with van der Waals surface area (Å²) in [5.41, 5.74) is 1.74. The number of amides is 2. The van der Waals surface area contributed by atoms with E-state index >= 15 is 0 Å². The van der Waals surface area contributed by atoms with Gasteiger partial charge in [0.2, 0.25) is 28.6 Å². The minimum Gasteiger partial charge on any atom is -0.454 e. The number of hydrogen-bond donors (Lipinski definition) is 1. The fourth-order valence-electron chi connectivity index (χ4n) is 4.50. The van der Waals surface area contributed by atoms with Crippen LogP contribution in [-0.2, 0) is 32.6 Å². The summed E-state index contributed by atoms with van der Waals surface area (Å²) in [5.74, 6) is -0.266. The van der Waals surface area contributed by atoms with Gasteiger partial charge in [-0.2, -0.15) is 0 Å². The first kappa shape index (κ1) is 30.2. The van der Waals surface area contributed by atoms with Crippen molar-refractivity contribution in [2.75, 3.05) is 23.4 Å². The Labute approximate surface area is 246 Å². The SMILES string of the molecule is CCS(=O)(=O)N(CC(=O)N(Cc1ccccc1Cl)C(Cc1ccccc1)C(=O)NC(C)C)c1ccc2c(c1)OCO2. The smallest absolute Gasteiger partial charge is 0.244 e. The maximum Gasteiger partial charge on any atom is 0.244 e. The van der Waals surface area contributed by atoms with Crippen LogP contribution in [0.15, 0.2) is 72.8 Å². The Balaban J connectivity index is 1.75. The number of nitrogens with zero attached hydrogens (tertiary/aromatic N) is 2. The van der Waals surface area contributed by atoms with E-state index in [1.54, 1.807) is 36.4 Å². The fraction of sp³-hybridized carbons (Fsp3) is 0.333. The molecule has 3 aromatic rings. The number of benzene rings is 3. The van der Waals surface area contributed by atoms with Crippen molar-refractivity contribution in [3.8, 4) is 11.5 Å². The molecule has 0 bridgehead atoms. The first-order chi connectivity index (χ1) is 19.6. The number of fused-ring (bicyclic) bond motifs is 1. The molecule has 0 saturated heterocycles. The molecule has 9 nitrogen and oxygen atoms in total. The molecule has 41 heavy (non-hydrogen) atoms. The average Bonchev–Trinajstić information content (AvgIpc) is 3.42. The molecule has 0 fully saturated rings. The number of nitrogens with one attached hydrogen (secondary N) is 1. The minimum absolute atomic E-state index is 0.00265. The van der Waals surface area contributed by atoms with E-state index in [0.717, 1.165) is 9.87 Å². The van der Waals surface area contributed by atoms with Crippen LogP contribution in [0.4, 0.5) is 5.69 Å². The van der Waals surface area contributed by atoms with Crippen molar-refractivity contribution >= 4 is 39.1 Å². The van der Waals surface area contributed by atoms with E-state index < -0.39 is 28.5 Å². The third-order valence-corrected chi connectivity index (χ3v) is 8.73. The highest BCUT2D eigenvalue weighted by Crippen LogP contribution is 2.36. The maximum atomic E-state index is 14.2. The highest BCUT2D eigenvalue weighted by atomic mass is 35.5. The van der Waals surface area contributed by atoms with Gasteiger partial charge in [0.1, 0.15) is 12.6 Å². The summed E-state index contributed by atoms with van der Waals surface area (Å²) >= 11 is 6.48. The van der Waals surface area contributed by atoms with Crippen LogP contribution in [0.2, 0.25) is 5.02 Å². The van der Waals surface area contributed by atoms with Crippen LogP contribution in [0.1, 0.15) is 31.9 Å². The van der Waals surface area contributed by atoms with Crippen LogP contribution in [0.25, 0.3) is 0 Å². The maximum absolute atomic E-state index is 14.2. The van der Waals surface area contributed by atoms with Crippen LogP contribution in [0.5, 0.6) is 11.5 Å². The summed E-state index contributed by atoms with van der Waals surface area (Å²) in [4.78, 5) is 29.2. The number of sulfonamides is 1. The topological polar surface area (TPSA) is 105 Å². The summed E-state index contributed by atoms with van der Waals surface area (Å²) < 4.78 is 38.5. The van der Waals surface area contributed by atoms with Gasteiger partial charge in [-0.25, -0.2) is 8.42 Å². The van der Waals surface area contributed by atoms with Gasteiger partial charge >= 0.3 is 0 Å². The Kier molecular flexibility index (Phi) is 9.77. The lowest BCUT2D eigenvalue weighted by molar-refractivity contribution is -0.140. The predicted octanol–water partition coefficient (Wildman–Crippen LogP) is 4.39. The van der Waals surface area contributed by atoms with Crippen molar-refractivity contribution in [1.82, 2.24) is 10.2 Å². The van der Waals surface area contributed by atoms with Crippen LogP contribution in [-0.4, -0.2) is 56.3 Å². The molecule has 1 unspecified atom stereocenters. The Morgan fingerprint density at radius 2 is 1.66 bits per heavy atom. The number of carbonyl (C=O) groups is 2. The number of anilines is 1. The quantitative estimate of drug-likeness (QED) is 0.331. The Hall–Kier alpha value is -3.76. The van der Waals surface area contributed by atoms with Gasteiger partial charge in [-0.05, 0) is 50.1 Å².